The van der Waals surface area contributed by atoms with Crippen molar-refractivity contribution >= 4 is 22.9 Å². The van der Waals surface area contributed by atoms with Crippen LogP contribution in [-0.2, 0) is 6.18 Å². The van der Waals surface area contributed by atoms with E-state index < -0.39 is 17.6 Å². The third kappa shape index (κ3) is 3.40. The lowest BCUT2D eigenvalue weighted by molar-refractivity contribution is -0.137. The molecule has 2 aromatic heterocycles. The Hall–Kier alpha value is -2.81. The molecule has 1 aromatic carbocycles. The van der Waals surface area contributed by atoms with Crippen LogP contribution in [0.25, 0.3) is 10.8 Å². The Balaban J connectivity index is 1.71. The highest BCUT2D eigenvalue weighted by molar-refractivity contribution is 7.13. The zero-order valence-corrected chi connectivity index (χ0v) is 12.7. The summed E-state index contributed by atoms with van der Waals surface area (Å²) < 4.78 is 43.8. The lowest BCUT2D eigenvalue weighted by atomic mass is 10.2. The molecule has 0 aliphatic rings. The van der Waals surface area contributed by atoms with E-state index in [9.17, 15) is 18.0 Å². The largest absolute Gasteiger partial charge is 0.462 e. The zero-order chi connectivity index (χ0) is 17.2. The first-order valence-corrected chi connectivity index (χ1v) is 7.55. The van der Waals surface area contributed by atoms with Gasteiger partial charge < -0.3 is 4.42 Å². The molecule has 0 atom stereocenters. The van der Waals surface area contributed by atoms with E-state index in [-0.39, 0.29) is 11.4 Å². The second-order valence-electron chi connectivity index (χ2n) is 4.64. The monoisotopic (exact) mass is 353 g/mol. The number of hydrogen-bond acceptors (Lipinski definition) is 5. The number of para-hydroxylation sites is 1. The summed E-state index contributed by atoms with van der Waals surface area (Å²) in [5, 5.41) is 1.99. The van der Waals surface area contributed by atoms with Gasteiger partial charge in [0, 0.05) is 5.38 Å². The minimum absolute atomic E-state index is 0.0726. The molecule has 0 fully saturated rings. The third-order valence-corrected chi connectivity index (χ3v) is 3.87. The summed E-state index contributed by atoms with van der Waals surface area (Å²) in [5.41, 5.74) is 3.44. The third-order valence-electron chi connectivity index (χ3n) is 3.01. The molecule has 5 nitrogen and oxygen atoms in total. The van der Waals surface area contributed by atoms with Crippen LogP contribution >= 0.6 is 11.3 Å². The van der Waals surface area contributed by atoms with E-state index in [1.54, 1.807) is 12.1 Å². The maximum atomic E-state index is 12.9. The molecular weight excluding hydrogens is 343 g/mol. The van der Waals surface area contributed by atoms with Crippen molar-refractivity contribution in [2.75, 3.05) is 5.43 Å². The van der Waals surface area contributed by atoms with Gasteiger partial charge >= 0.3 is 6.18 Å². The predicted octanol–water partition coefficient (Wildman–Crippen LogP) is 4.18. The molecular formula is C15H10F3N3O2S. The molecule has 0 aliphatic heterocycles. The van der Waals surface area contributed by atoms with Crippen molar-refractivity contribution in [3.05, 3.63) is 59.3 Å². The van der Waals surface area contributed by atoms with Gasteiger partial charge in [-0.2, -0.15) is 13.2 Å². The summed E-state index contributed by atoms with van der Waals surface area (Å²) in [4.78, 5) is 16.1. The smallest absolute Gasteiger partial charge is 0.418 e. The Bertz CT molecular complexity index is 844. The minimum Gasteiger partial charge on any atom is -0.462 e. The molecule has 0 saturated heterocycles. The van der Waals surface area contributed by atoms with Gasteiger partial charge in [0.15, 0.2) is 10.8 Å². The molecule has 0 spiro atoms. The number of thiazole rings is 1. The van der Waals surface area contributed by atoms with E-state index >= 15 is 0 Å². The lowest BCUT2D eigenvalue weighted by Gasteiger charge is -2.14. The fourth-order valence-electron chi connectivity index (χ4n) is 1.92. The highest BCUT2D eigenvalue weighted by Gasteiger charge is 2.33. The van der Waals surface area contributed by atoms with Crippen molar-refractivity contribution < 1.29 is 22.4 Å². The first-order chi connectivity index (χ1) is 11.4. The van der Waals surface area contributed by atoms with Gasteiger partial charge in [-0.3, -0.25) is 15.6 Å². The number of nitrogens with zero attached hydrogens (tertiary/aromatic N) is 1. The Morgan fingerprint density at radius 2 is 1.96 bits per heavy atom. The first-order valence-electron chi connectivity index (χ1n) is 6.67. The molecule has 1 amide bonds. The standard InChI is InChI=1S/C15H10F3N3O2S/c16-15(17,18)9-4-1-2-5-10(9)20-21-13(22)11-8-24-14(19-11)12-6-3-7-23-12/h1-8,20H,(H,21,22). The number of carbonyl (C=O) groups is 1. The van der Waals surface area contributed by atoms with Crippen molar-refractivity contribution in [1.29, 1.82) is 0 Å². The van der Waals surface area contributed by atoms with Gasteiger partial charge in [-0.05, 0) is 24.3 Å². The number of hydrazine groups is 1. The van der Waals surface area contributed by atoms with E-state index in [2.05, 4.69) is 15.8 Å². The number of halogens is 3. The van der Waals surface area contributed by atoms with Crippen LogP contribution in [0.3, 0.4) is 0 Å². The average Bonchev–Trinajstić information content (AvgIpc) is 3.22. The molecule has 9 heteroatoms. The highest BCUT2D eigenvalue weighted by atomic mass is 32.1. The molecule has 3 aromatic rings. The molecule has 0 saturated carbocycles. The molecule has 0 bridgehead atoms. The maximum Gasteiger partial charge on any atom is 0.418 e. The van der Waals surface area contributed by atoms with Crippen LogP contribution in [0.1, 0.15) is 16.1 Å². The SMILES string of the molecule is O=C(NNc1ccccc1C(F)(F)F)c1csc(-c2ccco2)n1. The van der Waals surface area contributed by atoms with E-state index in [0.29, 0.717) is 10.8 Å². The Kier molecular flexibility index (Phi) is 4.26. The van der Waals surface area contributed by atoms with Crippen LogP contribution in [-0.4, -0.2) is 10.9 Å². The van der Waals surface area contributed by atoms with Crippen LogP contribution in [0.2, 0.25) is 0 Å². The van der Waals surface area contributed by atoms with Gasteiger partial charge in [-0.25, -0.2) is 4.98 Å². The Morgan fingerprint density at radius 3 is 2.67 bits per heavy atom. The number of alkyl halides is 3. The van der Waals surface area contributed by atoms with Crippen LogP contribution in [0.5, 0.6) is 0 Å². The molecule has 0 radical (unpaired) electrons. The van der Waals surface area contributed by atoms with E-state index in [1.165, 1.54) is 41.2 Å². The zero-order valence-electron chi connectivity index (χ0n) is 11.9. The molecule has 0 aliphatic carbocycles. The lowest BCUT2D eigenvalue weighted by Crippen LogP contribution is -2.30. The van der Waals surface area contributed by atoms with Crippen molar-refractivity contribution in [2.45, 2.75) is 6.18 Å². The number of nitrogens with one attached hydrogen (secondary N) is 2. The van der Waals surface area contributed by atoms with Gasteiger partial charge in [0.1, 0.15) is 5.69 Å². The van der Waals surface area contributed by atoms with Gasteiger partial charge in [0.25, 0.3) is 5.91 Å². The summed E-state index contributed by atoms with van der Waals surface area (Å²) in [5.74, 6) is -0.143. The van der Waals surface area contributed by atoms with Crippen molar-refractivity contribution in [3.63, 3.8) is 0 Å². The molecule has 124 valence electrons. The van der Waals surface area contributed by atoms with Crippen molar-refractivity contribution in [1.82, 2.24) is 10.4 Å². The first kappa shape index (κ1) is 16.1. The highest BCUT2D eigenvalue weighted by Crippen LogP contribution is 2.34. The van der Waals surface area contributed by atoms with Crippen molar-refractivity contribution in [3.8, 4) is 10.8 Å². The average molecular weight is 353 g/mol. The fraction of sp³-hybridized carbons (Fsp3) is 0.0667. The number of furan rings is 1. The second kappa shape index (κ2) is 6.36. The Morgan fingerprint density at radius 1 is 1.17 bits per heavy atom. The number of rotatable bonds is 4. The summed E-state index contributed by atoms with van der Waals surface area (Å²) >= 11 is 1.19. The minimum atomic E-state index is -4.53. The van der Waals surface area contributed by atoms with E-state index in [4.69, 9.17) is 4.42 Å². The molecule has 24 heavy (non-hydrogen) atoms. The summed E-state index contributed by atoms with van der Waals surface area (Å²) in [7, 11) is 0. The molecule has 2 heterocycles. The van der Waals surface area contributed by atoms with Gasteiger partial charge in [-0.1, -0.05) is 12.1 Å². The summed E-state index contributed by atoms with van der Waals surface area (Å²) in [6.45, 7) is 0. The topological polar surface area (TPSA) is 67.2 Å². The quantitative estimate of drug-likeness (QED) is 0.691. The van der Waals surface area contributed by atoms with Gasteiger partial charge in [0.05, 0.1) is 17.5 Å². The van der Waals surface area contributed by atoms with Gasteiger partial charge in [-0.15, -0.1) is 11.3 Å². The molecule has 0 unspecified atom stereocenters. The van der Waals surface area contributed by atoms with Crippen LogP contribution in [0, 0.1) is 0 Å². The number of aromatic nitrogens is 1. The number of benzene rings is 1. The summed E-state index contributed by atoms with van der Waals surface area (Å²) in [6.07, 6.45) is -3.05. The number of anilines is 1. The molecule has 3 rings (SSSR count). The van der Waals surface area contributed by atoms with E-state index in [1.807, 2.05) is 0 Å². The molecule has 2 N–H and O–H groups in total. The van der Waals surface area contributed by atoms with Crippen molar-refractivity contribution in [2.24, 2.45) is 0 Å². The maximum absolute atomic E-state index is 12.9. The normalized spacial score (nSPS) is 11.3. The number of carbonyl (C=O) groups excluding carboxylic acids is 1. The summed E-state index contributed by atoms with van der Waals surface area (Å²) in [6, 6.07) is 8.22. The fourth-order valence-corrected chi connectivity index (χ4v) is 2.69. The van der Waals surface area contributed by atoms with Crippen LogP contribution < -0.4 is 10.9 Å². The number of amides is 1. The predicted molar refractivity (Wildman–Crippen MR) is 82.3 cm³/mol. The van der Waals surface area contributed by atoms with E-state index in [0.717, 1.165) is 6.07 Å². The second-order valence-corrected chi connectivity index (χ2v) is 5.50. The number of hydrogen-bond donors (Lipinski definition) is 2. The van der Waals surface area contributed by atoms with Crippen LogP contribution in [0.15, 0.2) is 52.5 Å². The van der Waals surface area contributed by atoms with Crippen LogP contribution in [0.4, 0.5) is 18.9 Å². The van der Waals surface area contributed by atoms with Gasteiger partial charge in [0.2, 0.25) is 0 Å². The Labute approximate surface area is 138 Å².